The normalized spacial score (nSPS) is 7.30. The third-order valence-corrected chi connectivity index (χ3v) is 0.870. The Labute approximate surface area is 71.2 Å². The number of hydrogen-bond acceptors (Lipinski definition) is 1. The summed E-state index contributed by atoms with van der Waals surface area (Å²) in [7, 11) is 0. The molecule has 0 aliphatic heterocycles. The van der Waals surface area contributed by atoms with Gasteiger partial charge in [0.1, 0.15) is 5.82 Å². The SMILES string of the molecule is Cl.Cl.Nc1ccc(F)cc1. The number of rotatable bonds is 0. The van der Waals surface area contributed by atoms with Gasteiger partial charge in [-0.3, -0.25) is 0 Å². The molecule has 4 heteroatoms. The molecule has 0 heterocycles. The predicted molar refractivity (Wildman–Crippen MR) is 45.3 cm³/mol. The highest BCUT2D eigenvalue weighted by Crippen LogP contribution is 2.01. The third-order valence-electron chi connectivity index (χ3n) is 0.870. The fraction of sp³-hybridized carbons (Fsp3) is 0. The van der Waals surface area contributed by atoms with E-state index in [1.807, 2.05) is 0 Å². The highest BCUT2D eigenvalue weighted by Gasteiger charge is 1.83. The van der Waals surface area contributed by atoms with E-state index in [4.69, 9.17) is 5.73 Å². The zero-order valence-electron chi connectivity index (χ0n) is 5.08. The topological polar surface area (TPSA) is 26.0 Å². The van der Waals surface area contributed by atoms with Crippen molar-refractivity contribution in [2.45, 2.75) is 0 Å². The summed E-state index contributed by atoms with van der Waals surface area (Å²) < 4.78 is 12.0. The van der Waals surface area contributed by atoms with Crippen molar-refractivity contribution in [3.05, 3.63) is 30.1 Å². The van der Waals surface area contributed by atoms with Crippen LogP contribution in [0.25, 0.3) is 0 Å². The Balaban J connectivity index is 0. The highest BCUT2D eigenvalue weighted by molar-refractivity contribution is 5.85. The predicted octanol–water partition coefficient (Wildman–Crippen LogP) is 2.25. The number of nitrogens with two attached hydrogens (primary N) is 1. The van der Waals surface area contributed by atoms with Crippen LogP contribution in [0.2, 0.25) is 0 Å². The van der Waals surface area contributed by atoms with E-state index in [0.717, 1.165) is 0 Å². The Bertz CT molecular complexity index is 155. The number of hydrogen-bond donors (Lipinski definition) is 1. The van der Waals surface area contributed by atoms with E-state index < -0.39 is 0 Å². The molecule has 0 amide bonds. The summed E-state index contributed by atoms with van der Waals surface area (Å²) in [5, 5.41) is 0. The molecule has 0 saturated carbocycles. The minimum Gasteiger partial charge on any atom is -0.399 e. The van der Waals surface area contributed by atoms with Gasteiger partial charge in [0.25, 0.3) is 0 Å². The van der Waals surface area contributed by atoms with Crippen LogP contribution >= 0.6 is 24.8 Å². The molecule has 1 rings (SSSR count). The van der Waals surface area contributed by atoms with E-state index in [9.17, 15) is 4.39 Å². The Morgan fingerprint density at radius 2 is 1.40 bits per heavy atom. The zero-order valence-corrected chi connectivity index (χ0v) is 6.71. The van der Waals surface area contributed by atoms with Crippen LogP contribution in [-0.2, 0) is 0 Å². The largest absolute Gasteiger partial charge is 0.399 e. The van der Waals surface area contributed by atoms with Gasteiger partial charge in [0.05, 0.1) is 0 Å². The van der Waals surface area contributed by atoms with Crippen molar-refractivity contribution in [2.75, 3.05) is 5.73 Å². The fourth-order valence-corrected chi connectivity index (χ4v) is 0.463. The Hall–Kier alpha value is -0.470. The summed E-state index contributed by atoms with van der Waals surface area (Å²) in [4.78, 5) is 0. The Kier molecular flexibility index (Phi) is 6.51. The maximum atomic E-state index is 12.0. The van der Waals surface area contributed by atoms with Crippen LogP contribution in [0.5, 0.6) is 0 Å². The summed E-state index contributed by atoms with van der Waals surface area (Å²) in [5.41, 5.74) is 5.85. The van der Waals surface area contributed by atoms with Gasteiger partial charge in [0.15, 0.2) is 0 Å². The minimum atomic E-state index is -0.251. The molecule has 0 saturated heterocycles. The van der Waals surface area contributed by atoms with Crippen LogP contribution in [-0.4, -0.2) is 0 Å². The van der Waals surface area contributed by atoms with Crippen LogP contribution in [0.1, 0.15) is 0 Å². The molecule has 0 bridgehead atoms. The molecule has 2 N–H and O–H groups in total. The monoisotopic (exact) mass is 183 g/mol. The van der Waals surface area contributed by atoms with E-state index in [2.05, 4.69) is 0 Å². The van der Waals surface area contributed by atoms with Crippen LogP contribution in [0, 0.1) is 5.82 Å². The Morgan fingerprint density at radius 1 is 1.00 bits per heavy atom. The van der Waals surface area contributed by atoms with Gasteiger partial charge in [0.2, 0.25) is 0 Å². The van der Waals surface area contributed by atoms with Crippen molar-refractivity contribution >= 4 is 30.5 Å². The first-order valence-corrected chi connectivity index (χ1v) is 2.30. The lowest BCUT2D eigenvalue weighted by atomic mass is 10.3. The molecule has 0 fully saturated rings. The number of anilines is 1. The van der Waals surface area contributed by atoms with E-state index in [0.29, 0.717) is 5.69 Å². The summed E-state index contributed by atoms with van der Waals surface area (Å²) in [6.07, 6.45) is 0. The molecule has 1 nitrogen and oxygen atoms in total. The molecule has 10 heavy (non-hydrogen) atoms. The molecule has 0 radical (unpaired) electrons. The number of benzene rings is 1. The van der Waals surface area contributed by atoms with Crippen LogP contribution in [0.4, 0.5) is 10.1 Å². The second-order valence-electron chi connectivity index (χ2n) is 1.55. The first-order chi connectivity index (χ1) is 3.79. The fourth-order valence-electron chi connectivity index (χ4n) is 0.463. The number of halogens is 3. The van der Waals surface area contributed by atoms with Crippen molar-refractivity contribution in [2.24, 2.45) is 0 Å². The van der Waals surface area contributed by atoms with Gasteiger partial charge in [-0.05, 0) is 24.3 Å². The summed E-state index contributed by atoms with van der Waals surface area (Å²) in [6, 6.07) is 5.70. The van der Waals surface area contributed by atoms with Gasteiger partial charge >= 0.3 is 0 Å². The van der Waals surface area contributed by atoms with E-state index in [-0.39, 0.29) is 30.6 Å². The summed E-state index contributed by atoms with van der Waals surface area (Å²) in [6.45, 7) is 0. The molecule has 1 aromatic rings. The molecule has 0 aromatic heterocycles. The van der Waals surface area contributed by atoms with E-state index in [1.165, 1.54) is 24.3 Å². The van der Waals surface area contributed by atoms with E-state index >= 15 is 0 Å². The van der Waals surface area contributed by atoms with Gasteiger partial charge in [0, 0.05) is 5.69 Å². The lowest BCUT2D eigenvalue weighted by Crippen LogP contribution is -1.82. The van der Waals surface area contributed by atoms with Gasteiger partial charge in [-0.2, -0.15) is 0 Å². The second-order valence-corrected chi connectivity index (χ2v) is 1.55. The first kappa shape index (κ1) is 12.2. The molecule has 0 unspecified atom stereocenters. The first-order valence-electron chi connectivity index (χ1n) is 2.30. The molecule has 0 atom stereocenters. The lowest BCUT2D eigenvalue weighted by molar-refractivity contribution is 0.628. The molecule has 0 aliphatic carbocycles. The quantitative estimate of drug-likeness (QED) is 0.614. The molecule has 0 aliphatic rings. The van der Waals surface area contributed by atoms with Crippen molar-refractivity contribution < 1.29 is 4.39 Å². The average molecular weight is 184 g/mol. The van der Waals surface area contributed by atoms with Gasteiger partial charge in [-0.25, -0.2) is 4.39 Å². The van der Waals surface area contributed by atoms with Crippen LogP contribution in [0.3, 0.4) is 0 Å². The molecular weight excluding hydrogens is 176 g/mol. The van der Waals surface area contributed by atoms with Gasteiger partial charge < -0.3 is 5.73 Å². The minimum absolute atomic E-state index is 0. The van der Waals surface area contributed by atoms with Crippen molar-refractivity contribution in [1.29, 1.82) is 0 Å². The van der Waals surface area contributed by atoms with Crippen LogP contribution in [0.15, 0.2) is 24.3 Å². The maximum Gasteiger partial charge on any atom is 0.123 e. The van der Waals surface area contributed by atoms with Crippen LogP contribution < -0.4 is 5.73 Å². The van der Waals surface area contributed by atoms with Crippen molar-refractivity contribution in [3.8, 4) is 0 Å². The Morgan fingerprint density at radius 3 is 1.70 bits per heavy atom. The standard InChI is InChI=1S/C6H6FN.2ClH/c7-5-1-3-6(8)4-2-5;;/h1-4H,8H2;2*1H. The highest BCUT2D eigenvalue weighted by atomic mass is 35.5. The van der Waals surface area contributed by atoms with Gasteiger partial charge in [-0.15, -0.1) is 24.8 Å². The van der Waals surface area contributed by atoms with Crippen molar-refractivity contribution in [3.63, 3.8) is 0 Å². The molecule has 58 valence electrons. The van der Waals surface area contributed by atoms with E-state index in [1.54, 1.807) is 0 Å². The molecule has 0 spiro atoms. The zero-order chi connectivity index (χ0) is 5.98. The molecular formula is C6H8Cl2FN. The van der Waals surface area contributed by atoms with Gasteiger partial charge in [-0.1, -0.05) is 0 Å². The summed E-state index contributed by atoms with van der Waals surface area (Å²) >= 11 is 0. The third kappa shape index (κ3) is 3.54. The maximum absolute atomic E-state index is 12.0. The molecule has 1 aromatic carbocycles. The second kappa shape index (κ2) is 5.33. The lowest BCUT2D eigenvalue weighted by Gasteiger charge is -1.87. The summed E-state index contributed by atoms with van der Waals surface area (Å²) in [5.74, 6) is -0.251. The smallest absolute Gasteiger partial charge is 0.123 e. The number of nitrogen functional groups attached to an aromatic ring is 1. The van der Waals surface area contributed by atoms with Crippen molar-refractivity contribution in [1.82, 2.24) is 0 Å². The average Bonchev–Trinajstić information content (AvgIpc) is 1.77.